The summed E-state index contributed by atoms with van der Waals surface area (Å²) in [6.45, 7) is 0.924. The maximum Gasteiger partial charge on any atom is 0.191 e. The van der Waals surface area contributed by atoms with Gasteiger partial charge in [0.2, 0.25) is 0 Å². The van der Waals surface area contributed by atoms with Crippen LogP contribution in [-0.2, 0) is 12.8 Å². The minimum absolute atomic E-state index is 0.0210. The Bertz CT molecular complexity index is 690. The Morgan fingerprint density at radius 3 is 3.00 bits per heavy atom. The quantitative estimate of drug-likeness (QED) is 0.843. The van der Waals surface area contributed by atoms with Gasteiger partial charge >= 0.3 is 0 Å². The van der Waals surface area contributed by atoms with Gasteiger partial charge in [0.1, 0.15) is 5.76 Å². The molecule has 4 heteroatoms. The molecular weight excluding hydrogens is 262 g/mol. The number of hydrogen-bond donors (Lipinski definition) is 2. The molecule has 0 saturated carbocycles. The Labute approximate surface area is 124 Å². The van der Waals surface area contributed by atoms with Crippen LogP contribution in [0, 0.1) is 0 Å². The van der Waals surface area contributed by atoms with E-state index in [4.69, 9.17) is 9.41 Å². The Hall–Kier alpha value is -2.23. The molecule has 4 rings (SSSR count). The lowest BCUT2D eigenvalue weighted by Gasteiger charge is -2.32. The maximum absolute atomic E-state index is 5.59. The molecule has 2 aliphatic rings. The van der Waals surface area contributed by atoms with Crippen molar-refractivity contribution in [2.45, 2.75) is 24.8 Å². The third-order valence-electron chi connectivity index (χ3n) is 4.59. The van der Waals surface area contributed by atoms with Crippen molar-refractivity contribution in [1.82, 2.24) is 10.6 Å². The van der Waals surface area contributed by atoms with Crippen LogP contribution in [-0.4, -0.2) is 25.1 Å². The summed E-state index contributed by atoms with van der Waals surface area (Å²) in [5.41, 5.74) is 4.08. The van der Waals surface area contributed by atoms with E-state index < -0.39 is 0 Å². The number of aliphatic imine (C=N–C) groups is 1. The van der Waals surface area contributed by atoms with Crippen LogP contribution in [0.15, 0.2) is 46.0 Å². The second-order valence-corrected chi connectivity index (χ2v) is 5.89. The van der Waals surface area contributed by atoms with Gasteiger partial charge in [0.05, 0.1) is 11.8 Å². The number of nitrogens with zero attached hydrogens (tertiary/aromatic N) is 1. The summed E-state index contributed by atoms with van der Waals surface area (Å²) >= 11 is 0. The molecule has 0 saturated heterocycles. The average molecular weight is 281 g/mol. The van der Waals surface area contributed by atoms with Gasteiger partial charge in [-0.2, -0.15) is 0 Å². The number of fused-ring (bicyclic) bond motifs is 1. The van der Waals surface area contributed by atoms with E-state index in [1.165, 1.54) is 16.7 Å². The lowest BCUT2D eigenvalue weighted by Crippen LogP contribution is -2.39. The maximum atomic E-state index is 5.59. The molecule has 108 valence electrons. The Balaban J connectivity index is 1.72. The highest BCUT2D eigenvalue weighted by atomic mass is 16.3. The topological polar surface area (TPSA) is 49.6 Å². The first-order chi connectivity index (χ1) is 10.3. The molecule has 1 aromatic heterocycles. The molecule has 1 spiro atoms. The van der Waals surface area contributed by atoms with E-state index in [2.05, 4.69) is 28.8 Å². The van der Waals surface area contributed by atoms with Gasteiger partial charge < -0.3 is 15.1 Å². The van der Waals surface area contributed by atoms with Crippen LogP contribution in [0.4, 0.5) is 0 Å². The summed E-state index contributed by atoms with van der Waals surface area (Å²) in [5, 5.41) is 6.48. The zero-order valence-corrected chi connectivity index (χ0v) is 12.1. The summed E-state index contributed by atoms with van der Waals surface area (Å²) in [6.07, 6.45) is 4.86. The van der Waals surface area contributed by atoms with Crippen LogP contribution in [0.25, 0.3) is 11.3 Å². The minimum atomic E-state index is 0.0210. The number of nitrogens with one attached hydrogen (secondary N) is 2. The number of rotatable bonds is 1. The molecule has 1 aliphatic carbocycles. The fourth-order valence-corrected chi connectivity index (χ4v) is 3.51. The van der Waals surface area contributed by atoms with Crippen molar-refractivity contribution in [1.29, 1.82) is 0 Å². The monoisotopic (exact) mass is 281 g/mol. The summed E-state index contributed by atoms with van der Waals surface area (Å²) in [4.78, 5) is 4.86. The first-order valence-electron chi connectivity index (χ1n) is 7.46. The first kappa shape index (κ1) is 12.5. The van der Waals surface area contributed by atoms with Crippen LogP contribution < -0.4 is 10.6 Å². The van der Waals surface area contributed by atoms with Crippen LogP contribution in [0.2, 0.25) is 0 Å². The third-order valence-corrected chi connectivity index (χ3v) is 4.59. The lowest BCUT2D eigenvalue weighted by molar-refractivity contribution is 0.394. The molecule has 1 atom stereocenters. The third kappa shape index (κ3) is 2.02. The zero-order valence-electron chi connectivity index (χ0n) is 12.1. The van der Waals surface area contributed by atoms with Gasteiger partial charge in [-0.3, -0.25) is 0 Å². The Morgan fingerprint density at radius 2 is 2.24 bits per heavy atom. The Morgan fingerprint density at radius 1 is 1.29 bits per heavy atom. The normalized spacial score (nSPS) is 23.6. The van der Waals surface area contributed by atoms with Gasteiger partial charge in [0.15, 0.2) is 5.96 Å². The molecule has 1 aliphatic heterocycles. The zero-order chi connectivity index (χ0) is 14.3. The van der Waals surface area contributed by atoms with E-state index in [9.17, 15) is 0 Å². The molecule has 0 radical (unpaired) electrons. The molecule has 2 aromatic rings. The number of hydrogen-bond acceptors (Lipinski definition) is 4. The molecule has 0 fully saturated rings. The van der Waals surface area contributed by atoms with Crippen LogP contribution in [0.1, 0.15) is 17.5 Å². The van der Waals surface area contributed by atoms with Gasteiger partial charge in [0, 0.05) is 19.2 Å². The molecule has 0 unspecified atom stereocenters. The highest BCUT2D eigenvalue weighted by molar-refractivity contribution is 5.82. The predicted molar refractivity (Wildman–Crippen MR) is 83.4 cm³/mol. The van der Waals surface area contributed by atoms with Crippen molar-refractivity contribution in [3.63, 3.8) is 0 Å². The lowest BCUT2D eigenvalue weighted by atomic mass is 9.77. The molecule has 0 amide bonds. The van der Waals surface area contributed by atoms with Gasteiger partial charge in [-0.25, -0.2) is 4.99 Å². The van der Waals surface area contributed by atoms with Crippen molar-refractivity contribution in [2.75, 3.05) is 13.6 Å². The molecule has 1 aromatic carbocycles. The van der Waals surface area contributed by atoms with Crippen molar-refractivity contribution in [3.8, 4) is 11.3 Å². The van der Waals surface area contributed by atoms with Crippen LogP contribution in [0.5, 0.6) is 0 Å². The second kappa shape index (κ2) is 4.65. The predicted octanol–water partition coefficient (Wildman–Crippen LogP) is 2.35. The standard InChI is InChI=1S/C17H19N3O/c1-18-16-19-11-17(20-16)8-7-13-12(10-17)4-2-5-14(13)15-6-3-9-21-15/h2-6,9H,7-8,10-11H2,1H3,(H2,18,19,20)/t17-/m1/s1. The van der Waals surface area contributed by atoms with Crippen LogP contribution in [0.3, 0.4) is 0 Å². The average Bonchev–Trinajstić information content (AvgIpc) is 3.16. The minimum Gasteiger partial charge on any atom is -0.464 e. The first-order valence-corrected chi connectivity index (χ1v) is 7.46. The van der Waals surface area contributed by atoms with Gasteiger partial charge in [-0.05, 0) is 42.5 Å². The fraction of sp³-hybridized carbons (Fsp3) is 0.353. The van der Waals surface area contributed by atoms with Crippen molar-refractivity contribution >= 4 is 5.96 Å². The molecule has 21 heavy (non-hydrogen) atoms. The summed E-state index contributed by atoms with van der Waals surface area (Å²) in [7, 11) is 1.91. The van der Waals surface area contributed by atoms with Crippen molar-refractivity contribution < 1.29 is 4.42 Å². The molecular formula is C17H19N3O. The second-order valence-electron chi connectivity index (χ2n) is 5.89. The van der Waals surface area contributed by atoms with Crippen LogP contribution >= 0.6 is 0 Å². The molecule has 4 nitrogen and oxygen atoms in total. The summed E-state index contributed by atoms with van der Waals surface area (Å²) < 4.78 is 5.59. The smallest absolute Gasteiger partial charge is 0.191 e. The molecule has 2 heterocycles. The van der Waals surface area contributed by atoms with E-state index in [1.54, 1.807) is 6.26 Å². The number of furan rings is 1. The summed E-state index contributed by atoms with van der Waals surface area (Å²) in [5.74, 6) is 1.88. The highest BCUT2D eigenvalue weighted by Crippen LogP contribution is 2.37. The van der Waals surface area contributed by atoms with Gasteiger partial charge in [-0.15, -0.1) is 0 Å². The van der Waals surface area contributed by atoms with E-state index in [0.717, 1.165) is 37.5 Å². The SMILES string of the molecule is CNC1=N[C@@]2(CCc3c(cccc3-c3ccco3)C2)CN1. The van der Waals surface area contributed by atoms with E-state index >= 15 is 0 Å². The fourth-order valence-electron chi connectivity index (χ4n) is 3.51. The molecule has 2 N–H and O–H groups in total. The number of benzene rings is 1. The van der Waals surface area contributed by atoms with E-state index in [-0.39, 0.29) is 5.54 Å². The van der Waals surface area contributed by atoms with E-state index in [1.807, 2.05) is 19.2 Å². The van der Waals surface area contributed by atoms with Gasteiger partial charge in [-0.1, -0.05) is 18.2 Å². The summed E-state index contributed by atoms with van der Waals surface area (Å²) in [6, 6.07) is 10.5. The van der Waals surface area contributed by atoms with Gasteiger partial charge in [0.25, 0.3) is 0 Å². The van der Waals surface area contributed by atoms with Crippen molar-refractivity contribution in [3.05, 3.63) is 47.7 Å². The largest absolute Gasteiger partial charge is 0.464 e. The highest BCUT2D eigenvalue weighted by Gasteiger charge is 2.38. The number of guanidine groups is 1. The van der Waals surface area contributed by atoms with Crippen molar-refractivity contribution in [2.24, 2.45) is 4.99 Å². The Kier molecular flexibility index (Phi) is 2.77. The molecule has 0 bridgehead atoms. The van der Waals surface area contributed by atoms with E-state index in [0.29, 0.717) is 0 Å².